The van der Waals surface area contributed by atoms with E-state index in [0.717, 1.165) is 6.33 Å². The van der Waals surface area contributed by atoms with Crippen LogP contribution in [-0.4, -0.2) is 65.7 Å². The Morgan fingerprint density at radius 2 is 2.10 bits per heavy atom. The topological polar surface area (TPSA) is 157 Å². The van der Waals surface area contributed by atoms with E-state index in [9.17, 15) is 15.0 Å². The number of nitrogens with two attached hydrogens (primary N) is 1. The van der Waals surface area contributed by atoms with Crippen molar-refractivity contribution in [2.24, 2.45) is 5.73 Å². The van der Waals surface area contributed by atoms with Crippen LogP contribution in [0.1, 0.15) is 16.7 Å². The second-order valence-corrected chi connectivity index (χ2v) is 4.64. The average molecular weight is 295 g/mol. The fourth-order valence-electron chi connectivity index (χ4n) is 2.33. The lowest BCUT2D eigenvalue weighted by molar-refractivity contribution is -0.0511. The predicted molar refractivity (Wildman–Crippen MR) is 66.9 cm³/mol. The van der Waals surface area contributed by atoms with E-state index in [-0.39, 0.29) is 16.9 Å². The molecule has 1 fully saturated rings. The number of nitrogens with zero attached hydrogens (tertiary/aromatic N) is 4. The van der Waals surface area contributed by atoms with Crippen LogP contribution in [0.15, 0.2) is 12.7 Å². The van der Waals surface area contributed by atoms with Gasteiger partial charge in [0, 0.05) is 0 Å². The van der Waals surface area contributed by atoms with Crippen LogP contribution in [0.3, 0.4) is 0 Å². The van der Waals surface area contributed by atoms with Crippen molar-refractivity contribution >= 4 is 17.1 Å². The number of carbonyl (C=O) groups excluding carboxylic acids is 1. The molecule has 0 unspecified atom stereocenters. The molecule has 1 amide bonds. The van der Waals surface area contributed by atoms with Crippen molar-refractivity contribution in [3.05, 3.63) is 18.3 Å². The van der Waals surface area contributed by atoms with E-state index in [0.29, 0.717) is 0 Å². The first kappa shape index (κ1) is 13.8. The molecule has 2 aromatic rings. The molecule has 21 heavy (non-hydrogen) atoms. The van der Waals surface area contributed by atoms with Crippen LogP contribution in [0.5, 0.6) is 0 Å². The number of rotatable bonds is 3. The van der Waals surface area contributed by atoms with Crippen molar-refractivity contribution in [2.75, 3.05) is 6.61 Å². The third-order valence-electron chi connectivity index (χ3n) is 3.38. The Morgan fingerprint density at radius 1 is 1.33 bits per heavy atom. The smallest absolute Gasteiger partial charge is 0.269 e. The first-order valence-corrected chi connectivity index (χ1v) is 6.14. The average Bonchev–Trinajstić information content (AvgIpc) is 3.01. The summed E-state index contributed by atoms with van der Waals surface area (Å²) in [6, 6.07) is 0. The van der Waals surface area contributed by atoms with E-state index in [1.807, 2.05) is 0 Å². The molecular formula is C11H13N5O5. The molecule has 0 radical (unpaired) electrons. The number of aromatic nitrogens is 4. The highest BCUT2D eigenvalue weighted by Gasteiger charge is 2.44. The van der Waals surface area contributed by atoms with Gasteiger partial charge in [-0.1, -0.05) is 0 Å². The van der Waals surface area contributed by atoms with Gasteiger partial charge >= 0.3 is 0 Å². The molecule has 1 aliphatic rings. The van der Waals surface area contributed by atoms with Gasteiger partial charge < -0.3 is 25.8 Å². The van der Waals surface area contributed by atoms with Gasteiger partial charge in [-0.3, -0.25) is 9.36 Å². The van der Waals surface area contributed by atoms with Gasteiger partial charge in [-0.05, 0) is 0 Å². The molecule has 0 aliphatic carbocycles. The number of amides is 1. The second-order valence-electron chi connectivity index (χ2n) is 4.64. The van der Waals surface area contributed by atoms with E-state index in [2.05, 4.69) is 15.0 Å². The highest BCUT2D eigenvalue weighted by molar-refractivity contribution is 6.01. The van der Waals surface area contributed by atoms with Gasteiger partial charge in [0.2, 0.25) is 0 Å². The zero-order valence-corrected chi connectivity index (χ0v) is 10.7. The summed E-state index contributed by atoms with van der Waals surface area (Å²) in [6.07, 6.45) is -1.98. The first-order valence-electron chi connectivity index (χ1n) is 6.14. The molecule has 1 saturated heterocycles. The van der Waals surface area contributed by atoms with Crippen LogP contribution < -0.4 is 5.73 Å². The van der Waals surface area contributed by atoms with Crippen molar-refractivity contribution < 1.29 is 24.9 Å². The van der Waals surface area contributed by atoms with Crippen LogP contribution in [0, 0.1) is 0 Å². The van der Waals surface area contributed by atoms with Crippen LogP contribution in [0.2, 0.25) is 0 Å². The van der Waals surface area contributed by atoms with Gasteiger partial charge in [0.05, 0.1) is 12.9 Å². The molecular weight excluding hydrogens is 282 g/mol. The van der Waals surface area contributed by atoms with Gasteiger partial charge in [0.1, 0.15) is 30.2 Å². The minimum Gasteiger partial charge on any atom is -0.394 e. The number of imidazole rings is 1. The van der Waals surface area contributed by atoms with Gasteiger partial charge in [-0.15, -0.1) is 0 Å². The maximum Gasteiger partial charge on any atom is 0.269 e. The van der Waals surface area contributed by atoms with E-state index < -0.39 is 37.1 Å². The van der Waals surface area contributed by atoms with Gasteiger partial charge in [-0.25, -0.2) is 15.0 Å². The number of primary amides is 1. The standard InChI is InChI=1S/C11H13N5O5/c12-9(20)5-6-10(14-2-13-5)16(3-15-6)11-8(19)7(18)4(1-17)21-11/h2-4,7-8,11,17-19H,1H2,(H2,12,20)/t4-,7+,8-,11-/m0/s1. The maximum atomic E-state index is 11.3. The molecule has 3 heterocycles. The van der Waals surface area contributed by atoms with Crippen molar-refractivity contribution in [2.45, 2.75) is 24.5 Å². The molecule has 0 saturated carbocycles. The number of ether oxygens (including phenoxy) is 1. The molecule has 3 rings (SSSR count). The monoisotopic (exact) mass is 295 g/mol. The largest absolute Gasteiger partial charge is 0.394 e. The number of hydrogen-bond acceptors (Lipinski definition) is 8. The Bertz CT molecular complexity index is 689. The third-order valence-corrected chi connectivity index (χ3v) is 3.38. The van der Waals surface area contributed by atoms with Crippen molar-refractivity contribution in [1.82, 2.24) is 19.5 Å². The van der Waals surface area contributed by atoms with E-state index in [1.54, 1.807) is 0 Å². The molecule has 112 valence electrons. The fourth-order valence-corrected chi connectivity index (χ4v) is 2.33. The first-order chi connectivity index (χ1) is 10.0. The molecule has 0 bridgehead atoms. The number of aliphatic hydroxyl groups is 3. The van der Waals surface area contributed by atoms with E-state index >= 15 is 0 Å². The number of aliphatic hydroxyl groups excluding tert-OH is 3. The van der Waals surface area contributed by atoms with E-state index in [4.69, 9.17) is 15.6 Å². The number of carbonyl (C=O) groups is 1. The van der Waals surface area contributed by atoms with Gasteiger partial charge in [-0.2, -0.15) is 0 Å². The Morgan fingerprint density at radius 3 is 2.71 bits per heavy atom. The van der Waals surface area contributed by atoms with E-state index in [1.165, 1.54) is 10.9 Å². The Kier molecular flexibility index (Phi) is 3.29. The molecule has 5 N–H and O–H groups in total. The molecule has 1 aliphatic heterocycles. The molecule has 2 aromatic heterocycles. The molecule has 10 nitrogen and oxygen atoms in total. The van der Waals surface area contributed by atoms with Crippen LogP contribution in [-0.2, 0) is 4.74 Å². The summed E-state index contributed by atoms with van der Waals surface area (Å²) in [6.45, 7) is -0.442. The maximum absolute atomic E-state index is 11.3. The normalized spacial score (nSPS) is 29.1. The zero-order valence-electron chi connectivity index (χ0n) is 10.7. The van der Waals surface area contributed by atoms with Crippen LogP contribution in [0.25, 0.3) is 11.2 Å². The highest BCUT2D eigenvalue weighted by Crippen LogP contribution is 2.31. The molecule has 0 spiro atoms. The third kappa shape index (κ3) is 2.05. The number of fused-ring (bicyclic) bond motifs is 1. The van der Waals surface area contributed by atoms with Crippen LogP contribution >= 0.6 is 0 Å². The SMILES string of the molecule is NC(=O)c1ncnc2c1ncn2[C@H]1O[C@@H](CO)[C@@H](O)[C@@H]1O. The Hall–Kier alpha value is -2.14. The lowest BCUT2D eigenvalue weighted by Crippen LogP contribution is -2.33. The quantitative estimate of drug-likeness (QED) is 0.485. The van der Waals surface area contributed by atoms with Crippen molar-refractivity contribution in [3.8, 4) is 0 Å². The summed E-state index contributed by atoms with van der Waals surface area (Å²) in [5, 5.41) is 28.9. The molecule has 0 aromatic carbocycles. The lowest BCUT2D eigenvalue weighted by atomic mass is 10.1. The van der Waals surface area contributed by atoms with Gasteiger partial charge in [0.25, 0.3) is 5.91 Å². The fraction of sp³-hybridized carbons (Fsp3) is 0.455. The van der Waals surface area contributed by atoms with Crippen molar-refractivity contribution in [3.63, 3.8) is 0 Å². The highest BCUT2D eigenvalue weighted by atomic mass is 16.6. The summed E-state index contributed by atoms with van der Waals surface area (Å²) in [5.74, 6) is -0.756. The Labute approximate surface area is 117 Å². The molecule has 4 atom stereocenters. The van der Waals surface area contributed by atoms with Crippen molar-refractivity contribution in [1.29, 1.82) is 0 Å². The zero-order chi connectivity index (χ0) is 15.1. The summed E-state index contributed by atoms with van der Waals surface area (Å²) in [7, 11) is 0. The molecule has 10 heteroatoms. The summed E-state index contributed by atoms with van der Waals surface area (Å²) in [5.41, 5.74) is 5.55. The minimum atomic E-state index is -1.27. The summed E-state index contributed by atoms with van der Waals surface area (Å²) >= 11 is 0. The predicted octanol–water partition coefficient (Wildman–Crippen LogP) is -2.46. The van der Waals surface area contributed by atoms with Crippen LogP contribution in [0.4, 0.5) is 0 Å². The Balaban J connectivity index is 2.06. The lowest BCUT2D eigenvalue weighted by Gasteiger charge is -2.16. The van der Waals surface area contributed by atoms with Gasteiger partial charge in [0.15, 0.2) is 17.6 Å². The minimum absolute atomic E-state index is 0.0505. The second kappa shape index (κ2) is 5.00. The summed E-state index contributed by atoms with van der Waals surface area (Å²) in [4.78, 5) is 23.0. The number of hydrogen-bond donors (Lipinski definition) is 4. The summed E-state index contributed by atoms with van der Waals surface area (Å²) < 4.78 is 6.74.